The molecule has 4 saturated carbocycles. The zero-order valence-electron chi connectivity index (χ0n) is 29.1. The summed E-state index contributed by atoms with van der Waals surface area (Å²) in [5.74, 6) is 2.52. The first-order valence-corrected chi connectivity index (χ1v) is 19.2. The molecule has 0 bridgehead atoms. The van der Waals surface area contributed by atoms with E-state index in [9.17, 15) is 9.59 Å². The van der Waals surface area contributed by atoms with Gasteiger partial charge in [0.05, 0.1) is 6.04 Å². The van der Waals surface area contributed by atoms with Crippen molar-refractivity contribution in [3.63, 3.8) is 0 Å². The van der Waals surface area contributed by atoms with E-state index in [4.69, 9.17) is 20.0 Å². The highest BCUT2D eigenvalue weighted by atomic mass is 16.1. The average molecular weight is 675 g/mol. The summed E-state index contributed by atoms with van der Waals surface area (Å²) < 4.78 is 3.26. The zero-order chi connectivity index (χ0) is 33.9. The Labute approximate surface area is 293 Å². The first kappa shape index (κ1) is 32.8. The molecule has 4 atom stereocenters. The molecule has 0 aliphatic heterocycles. The van der Waals surface area contributed by atoms with E-state index in [1.165, 1.54) is 38.5 Å². The summed E-state index contributed by atoms with van der Waals surface area (Å²) in [5, 5.41) is 7.34. The summed E-state index contributed by atoms with van der Waals surface area (Å²) in [4.78, 5) is 47.0. The van der Waals surface area contributed by atoms with Gasteiger partial charge >= 0.3 is 0 Å². The molecule has 0 aromatic carbocycles. The number of hydrogen-bond donors (Lipinski definition) is 2. The number of hydrogen-bond acceptors (Lipinski definition) is 8. The van der Waals surface area contributed by atoms with Crippen LogP contribution in [0.4, 0.5) is 11.6 Å². The fraction of sp³-hybridized carbons (Fsp3) is 0.550. The molecule has 8 rings (SSSR count). The molecule has 4 aliphatic carbocycles. The van der Waals surface area contributed by atoms with Gasteiger partial charge in [-0.25, -0.2) is 9.97 Å². The van der Waals surface area contributed by atoms with Gasteiger partial charge in [0.15, 0.2) is 0 Å². The van der Waals surface area contributed by atoms with Crippen molar-refractivity contribution in [2.24, 2.45) is 21.8 Å². The molecule has 50 heavy (non-hydrogen) atoms. The van der Waals surface area contributed by atoms with E-state index in [1.54, 1.807) is 27.4 Å². The summed E-state index contributed by atoms with van der Waals surface area (Å²) in [6.45, 7) is 0. The molecule has 4 heterocycles. The predicted octanol–water partition coefficient (Wildman–Crippen LogP) is 7.07. The van der Waals surface area contributed by atoms with Gasteiger partial charge in [0.2, 0.25) is 0 Å². The Kier molecular flexibility index (Phi) is 9.77. The van der Waals surface area contributed by atoms with Crippen LogP contribution in [0.1, 0.15) is 114 Å². The highest BCUT2D eigenvalue weighted by molar-refractivity contribution is 5.87. The molecule has 4 unspecified atom stereocenters. The lowest BCUT2D eigenvalue weighted by molar-refractivity contribution is 0.232. The van der Waals surface area contributed by atoms with Gasteiger partial charge in [0.25, 0.3) is 11.1 Å². The normalized spacial score (nSPS) is 25.4. The summed E-state index contributed by atoms with van der Waals surface area (Å²) >= 11 is 0. The Morgan fingerprint density at radius 3 is 1.80 bits per heavy atom. The maximum atomic E-state index is 13.7. The number of fused-ring (bicyclic) bond motifs is 2. The van der Waals surface area contributed by atoms with E-state index in [2.05, 4.69) is 10.6 Å². The molecule has 0 spiro atoms. The molecule has 0 saturated heterocycles. The summed E-state index contributed by atoms with van der Waals surface area (Å²) in [6, 6.07) is 12.5. The summed E-state index contributed by atoms with van der Waals surface area (Å²) in [6.07, 6.45) is 25.4. The average Bonchev–Trinajstić information content (AvgIpc) is 3.85. The van der Waals surface area contributed by atoms with Gasteiger partial charge < -0.3 is 10.6 Å². The third kappa shape index (κ3) is 7.12. The minimum absolute atomic E-state index is 0.0654. The SMILES string of the molecule is O=c1c(C=NC2CCCC(C3CCC(Nc4nc5ccccn5c(=O)c4C=NC4CCCC4)C3)C2)c(NC2CCCCC2)nc2ccccn12. The fourth-order valence-corrected chi connectivity index (χ4v) is 9.05. The number of aliphatic imine (C=N–C) groups is 2. The molecule has 10 nitrogen and oxygen atoms in total. The van der Waals surface area contributed by atoms with Crippen LogP contribution in [0.15, 0.2) is 68.4 Å². The number of aromatic nitrogens is 4. The molecule has 0 amide bonds. The Hall–Kier alpha value is -4.34. The molecule has 2 N–H and O–H groups in total. The van der Waals surface area contributed by atoms with Crippen LogP contribution in [0.25, 0.3) is 11.3 Å². The van der Waals surface area contributed by atoms with Gasteiger partial charge in [0.1, 0.15) is 34.1 Å². The monoisotopic (exact) mass is 674 g/mol. The van der Waals surface area contributed by atoms with E-state index < -0.39 is 0 Å². The molecule has 4 fully saturated rings. The topological polar surface area (TPSA) is 118 Å². The molecule has 0 radical (unpaired) electrons. The van der Waals surface area contributed by atoms with E-state index >= 15 is 0 Å². The number of nitrogens with zero attached hydrogens (tertiary/aromatic N) is 6. The van der Waals surface area contributed by atoms with Gasteiger partial charge in [0, 0.05) is 42.9 Å². The fourth-order valence-electron chi connectivity index (χ4n) is 9.05. The Morgan fingerprint density at radius 2 is 1.14 bits per heavy atom. The second-order valence-electron chi connectivity index (χ2n) is 15.2. The third-order valence-corrected chi connectivity index (χ3v) is 11.8. The van der Waals surface area contributed by atoms with Gasteiger partial charge in [-0.1, -0.05) is 57.1 Å². The largest absolute Gasteiger partial charge is 0.367 e. The number of nitrogens with one attached hydrogen (secondary N) is 2. The van der Waals surface area contributed by atoms with Crippen molar-refractivity contribution in [2.45, 2.75) is 127 Å². The van der Waals surface area contributed by atoms with Crippen molar-refractivity contribution in [3.05, 3.63) is 80.6 Å². The quantitative estimate of drug-likeness (QED) is 0.184. The number of rotatable bonds is 9. The number of pyridine rings is 2. The Bertz CT molecular complexity index is 1990. The second kappa shape index (κ2) is 14.9. The van der Waals surface area contributed by atoms with Crippen molar-refractivity contribution in [3.8, 4) is 0 Å². The first-order valence-electron chi connectivity index (χ1n) is 19.2. The van der Waals surface area contributed by atoms with Crippen molar-refractivity contribution in [2.75, 3.05) is 10.6 Å². The van der Waals surface area contributed by atoms with Gasteiger partial charge in [-0.05, 0) is 93.9 Å². The van der Waals surface area contributed by atoms with Crippen molar-refractivity contribution >= 4 is 35.4 Å². The van der Waals surface area contributed by atoms with Crippen molar-refractivity contribution in [1.29, 1.82) is 0 Å². The lowest BCUT2D eigenvalue weighted by atomic mass is 9.77. The minimum Gasteiger partial charge on any atom is -0.367 e. The number of anilines is 2. The van der Waals surface area contributed by atoms with Gasteiger partial charge in [-0.2, -0.15) is 0 Å². The van der Waals surface area contributed by atoms with E-state index in [1.807, 2.05) is 42.6 Å². The molecule has 4 aromatic heterocycles. The zero-order valence-corrected chi connectivity index (χ0v) is 29.1. The molecule has 4 aromatic rings. The van der Waals surface area contributed by atoms with Crippen LogP contribution in [0.5, 0.6) is 0 Å². The Balaban J connectivity index is 0.966. The molecule has 4 aliphatic rings. The highest BCUT2D eigenvalue weighted by Gasteiger charge is 2.34. The van der Waals surface area contributed by atoms with Gasteiger partial charge in [-0.15, -0.1) is 0 Å². The minimum atomic E-state index is -0.0688. The lowest BCUT2D eigenvalue weighted by Gasteiger charge is -2.31. The highest BCUT2D eigenvalue weighted by Crippen LogP contribution is 2.41. The molecule has 10 heteroatoms. The van der Waals surface area contributed by atoms with E-state index in [0.29, 0.717) is 58.0 Å². The van der Waals surface area contributed by atoms with E-state index in [0.717, 1.165) is 64.2 Å². The van der Waals surface area contributed by atoms with Crippen LogP contribution >= 0.6 is 0 Å². The second-order valence-corrected chi connectivity index (χ2v) is 15.2. The lowest BCUT2D eigenvalue weighted by Crippen LogP contribution is -2.29. The van der Waals surface area contributed by atoms with Crippen LogP contribution < -0.4 is 21.8 Å². The van der Waals surface area contributed by atoms with Gasteiger partial charge in [-0.3, -0.25) is 28.4 Å². The molecular formula is C40H50N8O2. The summed E-state index contributed by atoms with van der Waals surface area (Å²) in [7, 11) is 0. The smallest absolute Gasteiger partial charge is 0.268 e. The molecule has 262 valence electrons. The van der Waals surface area contributed by atoms with Crippen LogP contribution in [-0.4, -0.2) is 55.4 Å². The van der Waals surface area contributed by atoms with Crippen LogP contribution in [0.3, 0.4) is 0 Å². The van der Waals surface area contributed by atoms with Crippen LogP contribution in [-0.2, 0) is 0 Å². The standard InChI is InChI=1S/C40H50N8O2/c49-39-33(25-41-29-12-4-5-13-29)38(46-36-18-7-9-22-48(36)39)44-32-20-19-28(24-32)27-11-10-16-31(23-27)42-26-34-37(43-30-14-2-1-3-15-30)45-35-17-6-8-21-47(35)40(34)50/h6-9,17-18,21-22,25-32,43-44H,1-5,10-16,19-20,23-24H2. The maximum Gasteiger partial charge on any atom is 0.268 e. The van der Waals surface area contributed by atoms with Crippen molar-refractivity contribution in [1.82, 2.24) is 18.8 Å². The Morgan fingerprint density at radius 1 is 0.580 bits per heavy atom. The van der Waals surface area contributed by atoms with Crippen LogP contribution in [0, 0.1) is 11.8 Å². The van der Waals surface area contributed by atoms with Crippen LogP contribution in [0.2, 0.25) is 0 Å². The predicted molar refractivity (Wildman–Crippen MR) is 201 cm³/mol. The van der Waals surface area contributed by atoms with Crippen molar-refractivity contribution < 1.29 is 0 Å². The third-order valence-electron chi connectivity index (χ3n) is 11.8. The first-order chi connectivity index (χ1) is 24.6. The maximum absolute atomic E-state index is 13.7. The molecular weight excluding hydrogens is 624 g/mol. The van der Waals surface area contributed by atoms with E-state index in [-0.39, 0.29) is 23.2 Å². The summed E-state index contributed by atoms with van der Waals surface area (Å²) in [5.41, 5.74) is 2.31.